The highest BCUT2D eigenvalue weighted by molar-refractivity contribution is 6.88. The Morgan fingerprint density at radius 1 is 0.933 bits per heavy atom. The number of para-hydroxylation sites is 1. The van der Waals surface area contributed by atoms with Crippen molar-refractivity contribution in [3.8, 4) is 0 Å². The van der Waals surface area contributed by atoms with Gasteiger partial charge in [-0.05, 0) is 25.3 Å². The third-order valence-electron chi connectivity index (χ3n) is 3.16. The minimum absolute atomic E-state index is 1.35. The number of anilines is 1. The lowest BCUT2D eigenvalue weighted by Gasteiger charge is -2.33. The van der Waals surface area contributed by atoms with Crippen molar-refractivity contribution >= 4 is 19.1 Å². The van der Waals surface area contributed by atoms with Crippen LogP contribution in [0.1, 0.15) is 0 Å². The number of hydrogen-bond acceptors (Lipinski definition) is 2. The first kappa shape index (κ1) is 12.3. The summed E-state index contributed by atoms with van der Waals surface area (Å²) in [6.45, 7) is 4.77. The van der Waals surface area contributed by atoms with E-state index in [0.29, 0.717) is 0 Å². The monoisotopic (exact) mass is 222 g/mol. The van der Waals surface area contributed by atoms with Gasteiger partial charge in [0.15, 0.2) is 8.24 Å². The lowest BCUT2D eigenvalue weighted by Crippen LogP contribution is -2.55. The average Bonchev–Trinajstić information content (AvgIpc) is 2.17. The summed E-state index contributed by atoms with van der Waals surface area (Å²) in [5.41, 5.74) is 1.35. The van der Waals surface area contributed by atoms with Crippen molar-refractivity contribution < 1.29 is 0 Å². The lowest BCUT2D eigenvalue weighted by molar-refractivity contribution is 0.633. The van der Waals surface area contributed by atoms with Crippen molar-refractivity contribution in [3.05, 3.63) is 24.3 Å². The van der Waals surface area contributed by atoms with Gasteiger partial charge in [-0.25, -0.2) is 0 Å². The van der Waals surface area contributed by atoms with Crippen LogP contribution in [-0.2, 0) is 0 Å². The summed E-state index contributed by atoms with van der Waals surface area (Å²) < 4.78 is 2.38. The second-order valence-electron chi connectivity index (χ2n) is 4.87. The van der Waals surface area contributed by atoms with Crippen LogP contribution in [-0.4, -0.2) is 41.0 Å². The molecule has 0 saturated heterocycles. The van der Waals surface area contributed by atoms with Crippen LogP contribution in [0.15, 0.2) is 24.3 Å². The van der Waals surface area contributed by atoms with E-state index in [1.807, 2.05) is 0 Å². The molecule has 0 spiro atoms. The molecule has 2 nitrogen and oxygen atoms in total. The Morgan fingerprint density at radius 3 is 1.93 bits per heavy atom. The Bertz CT molecular complexity index is 332. The molecule has 0 radical (unpaired) electrons. The highest BCUT2D eigenvalue weighted by Crippen LogP contribution is 2.15. The molecule has 3 heteroatoms. The minimum atomic E-state index is -1.47. The van der Waals surface area contributed by atoms with Gasteiger partial charge in [0.1, 0.15) is 0 Å². The highest BCUT2D eigenvalue weighted by Gasteiger charge is 2.29. The first-order chi connectivity index (χ1) is 6.87. The van der Waals surface area contributed by atoms with E-state index in [9.17, 15) is 0 Å². The number of rotatable bonds is 3. The zero-order chi connectivity index (χ0) is 11.6. The Hall–Kier alpha value is -0.803. The molecule has 0 amide bonds. The second-order valence-corrected chi connectivity index (χ2v) is 9.42. The van der Waals surface area contributed by atoms with E-state index < -0.39 is 8.24 Å². The van der Waals surface area contributed by atoms with E-state index in [-0.39, 0.29) is 0 Å². The second kappa shape index (κ2) is 4.37. The summed E-state index contributed by atoms with van der Waals surface area (Å²) >= 11 is 0. The van der Waals surface area contributed by atoms with Gasteiger partial charge in [0, 0.05) is 19.8 Å². The minimum Gasteiger partial charge on any atom is -0.378 e. The average molecular weight is 222 g/mol. The molecular weight excluding hydrogens is 200 g/mol. The molecule has 0 aliphatic carbocycles. The van der Waals surface area contributed by atoms with Crippen LogP contribution in [0.5, 0.6) is 0 Å². The molecule has 0 bridgehead atoms. The van der Waals surface area contributed by atoms with Crippen molar-refractivity contribution in [2.24, 2.45) is 0 Å². The van der Waals surface area contributed by atoms with Gasteiger partial charge in [0.25, 0.3) is 0 Å². The quantitative estimate of drug-likeness (QED) is 0.719. The highest BCUT2D eigenvalue weighted by atomic mass is 28.3. The normalized spacial score (nSPS) is 11.9. The smallest absolute Gasteiger partial charge is 0.156 e. The van der Waals surface area contributed by atoms with Crippen LogP contribution in [0.25, 0.3) is 0 Å². The molecular formula is C12H22N2Si. The Kier molecular flexibility index (Phi) is 3.57. The van der Waals surface area contributed by atoms with Gasteiger partial charge in [-0.15, -0.1) is 0 Å². The predicted molar refractivity (Wildman–Crippen MR) is 71.6 cm³/mol. The molecule has 84 valence electrons. The molecule has 0 aliphatic rings. The summed E-state index contributed by atoms with van der Waals surface area (Å²) in [6.07, 6.45) is 0. The molecule has 15 heavy (non-hydrogen) atoms. The lowest BCUT2D eigenvalue weighted by atomic mass is 10.3. The fourth-order valence-corrected chi connectivity index (χ4v) is 3.54. The van der Waals surface area contributed by atoms with Crippen LogP contribution in [0.4, 0.5) is 5.69 Å². The summed E-state index contributed by atoms with van der Waals surface area (Å²) in [4.78, 5) is 2.20. The molecule has 1 rings (SSSR count). The third-order valence-corrected chi connectivity index (χ3v) is 7.14. The van der Waals surface area contributed by atoms with Gasteiger partial charge in [-0.3, -0.25) is 0 Å². The van der Waals surface area contributed by atoms with E-state index >= 15 is 0 Å². The number of benzene rings is 1. The summed E-state index contributed by atoms with van der Waals surface area (Å²) in [5, 5.41) is 1.50. The van der Waals surface area contributed by atoms with E-state index in [1.165, 1.54) is 10.9 Å². The standard InChI is InChI=1S/C12H22N2Si/c1-13(2)11-9-7-8-10-12(11)15(5,6)14(3)4/h7-10H,1-6H3. The summed E-state index contributed by atoms with van der Waals surface area (Å²) in [6, 6.07) is 8.72. The van der Waals surface area contributed by atoms with E-state index in [4.69, 9.17) is 0 Å². The van der Waals surface area contributed by atoms with Gasteiger partial charge in [0.2, 0.25) is 0 Å². The van der Waals surface area contributed by atoms with E-state index in [2.05, 4.69) is 75.0 Å². The fourth-order valence-electron chi connectivity index (χ4n) is 1.62. The van der Waals surface area contributed by atoms with Crippen LogP contribution in [0.2, 0.25) is 13.1 Å². The van der Waals surface area contributed by atoms with Crippen molar-refractivity contribution in [3.63, 3.8) is 0 Å². The van der Waals surface area contributed by atoms with Crippen molar-refractivity contribution in [1.29, 1.82) is 0 Å². The molecule has 0 N–H and O–H groups in total. The molecule has 1 aromatic carbocycles. The SMILES string of the molecule is CN(C)c1ccccc1[Si](C)(C)N(C)C. The maximum Gasteiger partial charge on any atom is 0.156 e. The first-order valence-electron chi connectivity index (χ1n) is 5.31. The number of hydrogen-bond donors (Lipinski definition) is 0. The molecule has 0 fully saturated rings. The van der Waals surface area contributed by atoms with Gasteiger partial charge >= 0.3 is 0 Å². The van der Waals surface area contributed by atoms with Crippen molar-refractivity contribution in [1.82, 2.24) is 4.57 Å². The summed E-state index contributed by atoms with van der Waals surface area (Å²) in [5.74, 6) is 0. The van der Waals surface area contributed by atoms with Gasteiger partial charge in [0.05, 0.1) is 0 Å². The molecule has 0 heterocycles. The van der Waals surface area contributed by atoms with Gasteiger partial charge in [-0.2, -0.15) is 0 Å². The largest absolute Gasteiger partial charge is 0.378 e. The zero-order valence-electron chi connectivity index (χ0n) is 10.7. The van der Waals surface area contributed by atoms with Crippen LogP contribution in [0.3, 0.4) is 0 Å². The maximum absolute atomic E-state index is 2.38. The third kappa shape index (κ3) is 2.41. The van der Waals surface area contributed by atoms with E-state index in [0.717, 1.165) is 0 Å². The van der Waals surface area contributed by atoms with Crippen molar-refractivity contribution in [2.75, 3.05) is 33.1 Å². The van der Waals surface area contributed by atoms with Crippen LogP contribution >= 0.6 is 0 Å². The predicted octanol–water partition coefficient (Wildman–Crippen LogP) is 1.73. The van der Waals surface area contributed by atoms with Crippen molar-refractivity contribution in [2.45, 2.75) is 13.1 Å². The molecule has 0 atom stereocenters. The Labute approximate surface area is 94.6 Å². The van der Waals surface area contributed by atoms with E-state index in [1.54, 1.807) is 0 Å². The molecule has 0 aliphatic heterocycles. The van der Waals surface area contributed by atoms with Crippen LogP contribution in [0, 0.1) is 0 Å². The van der Waals surface area contributed by atoms with Crippen LogP contribution < -0.4 is 10.1 Å². The molecule has 0 unspecified atom stereocenters. The maximum atomic E-state index is 2.38. The van der Waals surface area contributed by atoms with Gasteiger partial charge in [-0.1, -0.05) is 31.3 Å². The molecule has 0 aromatic heterocycles. The Balaban J connectivity index is 3.24. The Morgan fingerprint density at radius 2 is 1.47 bits per heavy atom. The summed E-state index contributed by atoms with van der Waals surface area (Å²) in [7, 11) is 7.11. The van der Waals surface area contributed by atoms with Gasteiger partial charge < -0.3 is 9.47 Å². The molecule has 0 saturated carbocycles. The first-order valence-corrected chi connectivity index (χ1v) is 8.26. The topological polar surface area (TPSA) is 6.48 Å². The molecule has 1 aromatic rings. The zero-order valence-corrected chi connectivity index (χ0v) is 11.7. The number of nitrogens with zero attached hydrogens (tertiary/aromatic N) is 2. The fraction of sp³-hybridized carbons (Fsp3) is 0.500.